The van der Waals surface area contributed by atoms with Crippen LogP contribution in [0.2, 0.25) is 5.02 Å². The highest BCUT2D eigenvalue weighted by molar-refractivity contribution is 6.35. The molecule has 118 valence electrons. The Morgan fingerprint density at radius 3 is 2.50 bits per heavy atom. The molecule has 2 aromatic carbocycles. The van der Waals surface area contributed by atoms with Gasteiger partial charge in [-0.1, -0.05) is 41.9 Å². The van der Waals surface area contributed by atoms with Crippen LogP contribution in [-0.2, 0) is 6.42 Å². The Morgan fingerprint density at radius 2 is 1.88 bits per heavy atom. The van der Waals surface area contributed by atoms with Gasteiger partial charge >= 0.3 is 5.97 Å². The van der Waals surface area contributed by atoms with E-state index in [-0.39, 0.29) is 33.5 Å². The lowest BCUT2D eigenvalue weighted by atomic mass is 10.0. The zero-order valence-electron chi connectivity index (χ0n) is 12.4. The number of rotatable bonds is 3. The summed E-state index contributed by atoms with van der Waals surface area (Å²) >= 11 is 6.16. The van der Waals surface area contributed by atoms with Gasteiger partial charge in [0.25, 0.3) is 5.56 Å². The smallest absolute Gasteiger partial charge is 0.338 e. The van der Waals surface area contributed by atoms with Crippen LogP contribution in [0.3, 0.4) is 0 Å². The van der Waals surface area contributed by atoms with Crippen molar-refractivity contribution in [1.29, 1.82) is 5.26 Å². The number of halogens is 1. The predicted molar refractivity (Wildman–Crippen MR) is 90.8 cm³/mol. The molecule has 24 heavy (non-hydrogen) atoms. The summed E-state index contributed by atoms with van der Waals surface area (Å²) in [7, 11) is 0. The summed E-state index contributed by atoms with van der Waals surface area (Å²) in [6.45, 7) is 0. The molecular formula is C18H11ClN2O3. The summed E-state index contributed by atoms with van der Waals surface area (Å²) in [5.74, 6) is -1.21. The zero-order valence-corrected chi connectivity index (χ0v) is 13.1. The van der Waals surface area contributed by atoms with Crippen LogP contribution in [-0.4, -0.2) is 15.6 Å². The third-order valence-corrected chi connectivity index (χ3v) is 4.05. The number of carboxylic acids is 1. The number of hydrogen-bond donors (Lipinski definition) is 1. The fourth-order valence-electron chi connectivity index (χ4n) is 2.78. The van der Waals surface area contributed by atoms with E-state index in [9.17, 15) is 14.7 Å². The minimum Gasteiger partial charge on any atom is -0.478 e. The number of aromatic carboxylic acids is 1. The maximum atomic E-state index is 13.0. The minimum absolute atomic E-state index is 0.0856. The quantitative estimate of drug-likeness (QED) is 0.793. The highest BCUT2D eigenvalue weighted by Crippen LogP contribution is 2.27. The van der Waals surface area contributed by atoms with Crippen LogP contribution in [0.25, 0.3) is 16.5 Å². The van der Waals surface area contributed by atoms with Crippen LogP contribution < -0.4 is 5.56 Å². The monoisotopic (exact) mass is 338 g/mol. The Morgan fingerprint density at radius 1 is 1.17 bits per heavy atom. The van der Waals surface area contributed by atoms with Crippen molar-refractivity contribution in [3.8, 4) is 11.8 Å². The Kier molecular flexibility index (Phi) is 4.07. The number of carboxylic acid groups (broad SMARTS) is 1. The van der Waals surface area contributed by atoms with Crippen molar-refractivity contribution in [2.75, 3.05) is 0 Å². The first-order valence-electron chi connectivity index (χ1n) is 7.08. The van der Waals surface area contributed by atoms with E-state index in [1.807, 2.05) is 6.07 Å². The van der Waals surface area contributed by atoms with E-state index in [1.165, 1.54) is 16.7 Å². The number of nitrogens with zero attached hydrogens (tertiary/aromatic N) is 2. The number of para-hydroxylation sites is 1. The zero-order chi connectivity index (χ0) is 17.3. The fourth-order valence-corrected chi connectivity index (χ4v) is 3.04. The maximum Gasteiger partial charge on any atom is 0.338 e. The molecule has 0 spiro atoms. The third-order valence-electron chi connectivity index (χ3n) is 3.73. The van der Waals surface area contributed by atoms with Gasteiger partial charge < -0.3 is 5.11 Å². The molecule has 1 heterocycles. The molecule has 0 saturated carbocycles. The number of fused-ring (bicyclic) bond motifs is 1. The summed E-state index contributed by atoms with van der Waals surface area (Å²) < 4.78 is 1.25. The SMILES string of the molecule is N#CCc1c(C(=O)O)c2cccc(Cl)c2c(=O)n1-c1ccccc1. The Labute approximate surface area is 142 Å². The first-order valence-corrected chi connectivity index (χ1v) is 7.46. The van der Waals surface area contributed by atoms with Gasteiger partial charge in [-0.25, -0.2) is 4.79 Å². The first-order chi connectivity index (χ1) is 11.6. The van der Waals surface area contributed by atoms with Crippen molar-refractivity contribution >= 4 is 28.3 Å². The molecule has 5 nitrogen and oxygen atoms in total. The van der Waals surface area contributed by atoms with Crippen LogP contribution in [0.1, 0.15) is 16.1 Å². The van der Waals surface area contributed by atoms with Crippen molar-refractivity contribution in [2.45, 2.75) is 6.42 Å². The largest absolute Gasteiger partial charge is 0.478 e. The summed E-state index contributed by atoms with van der Waals surface area (Å²) in [4.78, 5) is 24.8. The summed E-state index contributed by atoms with van der Waals surface area (Å²) in [5.41, 5.74) is 0.0857. The Balaban J connectivity index is 2.60. The van der Waals surface area contributed by atoms with E-state index in [0.29, 0.717) is 5.69 Å². The molecule has 6 heteroatoms. The molecule has 0 radical (unpaired) electrons. The lowest BCUT2D eigenvalue weighted by molar-refractivity contribution is 0.0697. The molecule has 0 saturated heterocycles. The van der Waals surface area contributed by atoms with Crippen molar-refractivity contribution in [2.24, 2.45) is 0 Å². The molecule has 0 aliphatic heterocycles. The van der Waals surface area contributed by atoms with Crippen LogP contribution in [0.15, 0.2) is 53.3 Å². The van der Waals surface area contributed by atoms with Gasteiger partial charge in [0.15, 0.2) is 0 Å². The molecule has 0 fully saturated rings. The van der Waals surface area contributed by atoms with E-state index in [2.05, 4.69) is 0 Å². The molecule has 0 aliphatic rings. The second kappa shape index (κ2) is 6.19. The second-order valence-corrected chi connectivity index (χ2v) is 5.51. The second-order valence-electron chi connectivity index (χ2n) is 5.10. The average Bonchev–Trinajstić information content (AvgIpc) is 2.55. The highest BCUT2D eigenvalue weighted by atomic mass is 35.5. The first kappa shape index (κ1) is 15.8. The summed E-state index contributed by atoms with van der Waals surface area (Å²) in [5, 5.41) is 19.3. The van der Waals surface area contributed by atoms with Crippen LogP contribution >= 0.6 is 11.6 Å². The maximum absolute atomic E-state index is 13.0. The minimum atomic E-state index is -1.21. The summed E-state index contributed by atoms with van der Waals surface area (Å²) in [6.07, 6.45) is -0.214. The van der Waals surface area contributed by atoms with E-state index >= 15 is 0 Å². The van der Waals surface area contributed by atoms with E-state index in [0.717, 1.165) is 0 Å². The highest BCUT2D eigenvalue weighted by Gasteiger charge is 2.23. The molecule has 3 rings (SSSR count). The van der Waals surface area contributed by atoms with E-state index in [1.54, 1.807) is 36.4 Å². The van der Waals surface area contributed by atoms with Crippen LogP contribution in [0.4, 0.5) is 0 Å². The van der Waals surface area contributed by atoms with Crippen molar-refractivity contribution < 1.29 is 9.90 Å². The molecule has 0 unspecified atom stereocenters. The van der Waals surface area contributed by atoms with Gasteiger partial charge in [-0.2, -0.15) is 5.26 Å². The molecule has 3 aromatic rings. The lowest BCUT2D eigenvalue weighted by Crippen LogP contribution is -2.26. The number of benzene rings is 2. The Hall–Kier alpha value is -3.10. The van der Waals surface area contributed by atoms with Gasteiger partial charge in [0.05, 0.1) is 34.2 Å². The molecule has 0 amide bonds. The molecule has 0 atom stereocenters. The van der Waals surface area contributed by atoms with E-state index < -0.39 is 11.5 Å². The van der Waals surface area contributed by atoms with Crippen LogP contribution in [0, 0.1) is 11.3 Å². The van der Waals surface area contributed by atoms with Crippen molar-refractivity contribution in [3.63, 3.8) is 0 Å². The topological polar surface area (TPSA) is 83.1 Å². The van der Waals surface area contributed by atoms with Gasteiger partial charge in [0.2, 0.25) is 0 Å². The van der Waals surface area contributed by atoms with Gasteiger partial charge in [-0.3, -0.25) is 9.36 Å². The number of aromatic nitrogens is 1. The van der Waals surface area contributed by atoms with Crippen LogP contribution in [0.5, 0.6) is 0 Å². The molecular weight excluding hydrogens is 328 g/mol. The number of hydrogen-bond acceptors (Lipinski definition) is 3. The van der Waals surface area contributed by atoms with Gasteiger partial charge in [-0.15, -0.1) is 0 Å². The summed E-state index contributed by atoms with van der Waals surface area (Å²) in [6, 6.07) is 15.2. The molecule has 0 aliphatic carbocycles. The number of pyridine rings is 1. The molecule has 1 aromatic heterocycles. The average molecular weight is 339 g/mol. The number of nitriles is 1. The third kappa shape index (κ3) is 2.43. The standard InChI is InChI=1S/C18H11ClN2O3/c19-13-8-4-7-12-15(13)17(22)21(11-5-2-1-3-6-11)14(9-10-20)16(12)18(23)24/h1-8H,9H2,(H,23,24). The van der Waals surface area contributed by atoms with Gasteiger partial charge in [0.1, 0.15) is 0 Å². The van der Waals surface area contributed by atoms with Crippen molar-refractivity contribution in [3.05, 3.63) is 75.2 Å². The molecule has 0 bridgehead atoms. The van der Waals surface area contributed by atoms with Gasteiger partial charge in [-0.05, 0) is 18.2 Å². The normalized spacial score (nSPS) is 10.5. The lowest BCUT2D eigenvalue weighted by Gasteiger charge is -2.16. The number of carbonyl (C=O) groups is 1. The fraction of sp³-hybridized carbons (Fsp3) is 0.0556. The molecule has 1 N–H and O–H groups in total. The van der Waals surface area contributed by atoms with Crippen molar-refractivity contribution in [1.82, 2.24) is 4.57 Å². The van der Waals surface area contributed by atoms with Gasteiger partial charge in [0, 0.05) is 11.1 Å². The Bertz CT molecular complexity index is 1050. The predicted octanol–water partition coefficient (Wildman–Crippen LogP) is 3.41. The van der Waals surface area contributed by atoms with E-state index in [4.69, 9.17) is 16.9 Å².